The maximum Gasteiger partial charge on any atom is 0.267 e. The number of carbonyl (C=O) groups excluding carboxylic acids is 1. The molecule has 0 bridgehead atoms. The van der Waals surface area contributed by atoms with Gasteiger partial charge in [0, 0.05) is 11.9 Å². The van der Waals surface area contributed by atoms with Gasteiger partial charge in [-0.15, -0.1) is 0 Å². The highest BCUT2D eigenvalue weighted by molar-refractivity contribution is 6.43. The molecule has 0 fully saturated rings. The summed E-state index contributed by atoms with van der Waals surface area (Å²) in [7, 11) is 0. The zero-order valence-electron chi connectivity index (χ0n) is 11.7. The van der Waals surface area contributed by atoms with Crippen molar-refractivity contribution < 1.29 is 9.90 Å². The van der Waals surface area contributed by atoms with Gasteiger partial charge in [0.25, 0.3) is 5.91 Å². The molecular formula is C16H11Cl2N3O2. The Morgan fingerprint density at radius 2 is 1.87 bits per heavy atom. The molecular weight excluding hydrogens is 337 g/mol. The number of amides is 1. The first-order valence-corrected chi connectivity index (χ1v) is 7.18. The van der Waals surface area contributed by atoms with E-state index in [1.807, 2.05) is 0 Å². The van der Waals surface area contributed by atoms with Crippen LogP contribution in [-0.4, -0.2) is 11.0 Å². The van der Waals surface area contributed by atoms with Crippen molar-refractivity contribution in [3.63, 3.8) is 0 Å². The van der Waals surface area contributed by atoms with Gasteiger partial charge in [0.2, 0.25) is 0 Å². The van der Waals surface area contributed by atoms with Crippen molar-refractivity contribution in [2.24, 2.45) is 0 Å². The Balaban J connectivity index is 2.12. The number of halogens is 2. The van der Waals surface area contributed by atoms with Crippen LogP contribution in [0.4, 0.5) is 11.4 Å². The number of hydrogen-bond acceptors (Lipinski definition) is 4. The Morgan fingerprint density at radius 3 is 2.52 bits per heavy atom. The first kappa shape index (κ1) is 16.7. The molecule has 0 radical (unpaired) electrons. The van der Waals surface area contributed by atoms with E-state index < -0.39 is 5.91 Å². The van der Waals surface area contributed by atoms with E-state index in [1.54, 1.807) is 24.3 Å². The number of benzene rings is 2. The second-order valence-electron chi connectivity index (χ2n) is 4.42. The van der Waals surface area contributed by atoms with Crippen LogP contribution >= 0.6 is 23.2 Å². The van der Waals surface area contributed by atoms with E-state index in [4.69, 9.17) is 28.5 Å². The fraction of sp³-hybridized carbons (Fsp3) is 0. The molecule has 7 heteroatoms. The van der Waals surface area contributed by atoms with Gasteiger partial charge in [0.1, 0.15) is 17.4 Å². The average Bonchev–Trinajstić information content (AvgIpc) is 2.54. The summed E-state index contributed by atoms with van der Waals surface area (Å²) in [6.07, 6.45) is 1.24. The molecule has 0 saturated heterocycles. The maximum atomic E-state index is 12.0. The summed E-state index contributed by atoms with van der Waals surface area (Å²) >= 11 is 11.9. The molecule has 1 amide bonds. The second-order valence-corrected chi connectivity index (χ2v) is 5.20. The van der Waals surface area contributed by atoms with Crippen LogP contribution in [0.3, 0.4) is 0 Å². The lowest BCUT2D eigenvalue weighted by molar-refractivity contribution is -0.112. The summed E-state index contributed by atoms with van der Waals surface area (Å²) in [6.45, 7) is 0. The van der Waals surface area contributed by atoms with Crippen molar-refractivity contribution >= 4 is 40.5 Å². The maximum absolute atomic E-state index is 12.0. The van der Waals surface area contributed by atoms with Gasteiger partial charge in [-0.05, 0) is 36.4 Å². The van der Waals surface area contributed by atoms with Crippen LogP contribution in [0.15, 0.2) is 54.2 Å². The van der Waals surface area contributed by atoms with Crippen molar-refractivity contribution in [1.82, 2.24) is 0 Å². The van der Waals surface area contributed by atoms with E-state index in [2.05, 4.69) is 10.6 Å². The van der Waals surface area contributed by atoms with Crippen LogP contribution < -0.4 is 10.6 Å². The third kappa shape index (κ3) is 4.39. The van der Waals surface area contributed by atoms with Crippen LogP contribution in [0.1, 0.15) is 0 Å². The highest BCUT2D eigenvalue weighted by atomic mass is 35.5. The number of carbonyl (C=O) groups is 1. The van der Waals surface area contributed by atoms with Gasteiger partial charge in [-0.3, -0.25) is 4.79 Å². The quantitative estimate of drug-likeness (QED) is 0.440. The normalized spacial score (nSPS) is 10.7. The predicted molar refractivity (Wildman–Crippen MR) is 90.5 cm³/mol. The highest BCUT2D eigenvalue weighted by Crippen LogP contribution is 2.29. The zero-order chi connectivity index (χ0) is 16.8. The second kappa shape index (κ2) is 7.54. The average molecular weight is 348 g/mol. The molecule has 3 N–H and O–H groups in total. The lowest BCUT2D eigenvalue weighted by atomic mass is 10.2. The molecule has 2 rings (SSSR count). The molecule has 0 aliphatic carbocycles. The molecule has 0 spiro atoms. The minimum absolute atomic E-state index is 0.0799. The molecule has 0 unspecified atom stereocenters. The van der Waals surface area contributed by atoms with Crippen LogP contribution in [-0.2, 0) is 4.79 Å². The molecule has 0 atom stereocenters. The lowest BCUT2D eigenvalue weighted by Crippen LogP contribution is -2.14. The lowest BCUT2D eigenvalue weighted by Gasteiger charge is -2.07. The monoisotopic (exact) mass is 347 g/mol. The first-order chi connectivity index (χ1) is 11.0. The van der Waals surface area contributed by atoms with E-state index in [0.29, 0.717) is 21.4 Å². The number of anilines is 2. The van der Waals surface area contributed by atoms with Gasteiger partial charge in [0.15, 0.2) is 0 Å². The largest absolute Gasteiger partial charge is 0.508 e. The minimum atomic E-state index is -0.594. The van der Waals surface area contributed by atoms with Gasteiger partial charge < -0.3 is 15.7 Å². The number of nitrogens with zero attached hydrogens (tertiary/aromatic N) is 1. The fourth-order valence-electron chi connectivity index (χ4n) is 1.66. The third-order valence-corrected chi connectivity index (χ3v) is 3.63. The topological polar surface area (TPSA) is 85.2 Å². The summed E-state index contributed by atoms with van der Waals surface area (Å²) in [5.74, 6) is -0.514. The first-order valence-electron chi connectivity index (χ1n) is 6.42. The van der Waals surface area contributed by atoms with Crippen molar-refractivity contribution in [3.8, 4) is 11.8 Å². The summed E-state index contributed by atoms with van der Waals surface area (Å²) < 4.78 is 0. The standard InChI is InChI=1S/C16H11Cl2N3O2/c17-13-2-1-3-14(15(13)18)20-9-10(8-19)16(23)21-11-4-6-12(22)7-5-11/h1-7,9,20,22H,(H,21,23)/b10-9-. The van der Waals surface area contributed by atoms with Crippen LogP contribution in [0.2, 0.25) is 10.0 Å². The summed E-state index contributed by atoms with van der Waals surface area (Å²) in [5.41, 5.74) is 0.785. The van der Waals surface area contributed by atoms with E-state index in [9.17, 15) is 9.90 Å². The number of hydrogen-bond donors (Lipinski definition) is 3. The predicted octanol–water partition coefficient (Wildman–Crippen LogP) is 4.16. The summed E-state index contributed by atoms with van der Waals surface area (Å²) in [5, 5.41) is 24.3. The molecule has 5 nitrogen and oxygen atoms in total. The SMILES string of the molecule is N#C/C(=C/Nc1cccc(Cl)c1Cl)C(=O)Nc1ccc(O)cc1. The molecule has 0 aromatic heterocycles. The van der Waals surface area contributed by atoms with E-state index in [-0.39, 0.29) is 11.3 Å². The van der Waals surface area contributed by atoms with Crippen LogP contribution in [0.5, 0.6) is 5.75 Å². The number of rotatable bonds is 4. The van der Waals surface area contributed by atoms with Gasteiger partial charge >= 0.3 is 0 Å². The van der Waals surface area contributed by atoms with Gasteiger partial charge in [-0.25, -0.2) is 0 Å². The molecule has 116 valence electrons. The van der Waals surface area contributed by atoms with E-state index in [0.717, 1.165) is 0 Å². The molecule has 0 aliphatic heterocycles. The molecule has 0 saturated carbocycles. The van der Waals surface area contributed by atoms with E-state index in [1.165, 1.54) is 30.5 Å². The Morgan fingerprint density at radius 1 is 1.17 bits per heavy atom. The van der Waals surface area contributed by atoms with Crippen molar-refractivity contribution in [2.75, 3.05) is 10.6 Å². The van der Waals surface area contributed by atoms with Gasteiger partial charge in [-0.1, -0.05) is 29.3 Å². The molecule has 23 heavy (non-hydrogen) atoms. The van der Waals surface area contributed by atoms with Crippen molar-refractivity contribution in [1.29, 1.82) is 5.26 Å². The Hall–Kier alpha value is -2.68. The van der Waals surface area contributed by atoms with E-state index >= 15 is 0 Å². The summed E-state index contributed by atoms with van der Waals surface area (Å²) in [4.78, 5) is 12.0. The number of phenolic OH excluding ortho intramolecular Hbond substituents is 1. The van der Waals surface area contributed by atoms with Crippen LogP contribution in [0.25, 0.3) is 0 Å². The Bertz CT molecular complexity index is 796. The Kier molecular flexibility index (Phi) is 5.47. The number of aromatic hydroxyl groups is 1. The molecule has 0 heterocycles. The van der Waals surface area contributed by atoms with Gasteiger partial charge in [0.05, 0.1) is 15.7 Å². The molecule has 0 aliphatic rings. The fourth-order valence-corrected chi connectivity index (χ4v) is 2.01. The van der Waals surface area contributed by atoms with Crippen molar-refractivity contribution in [3.05, 3.63) is 64.3 Å². The van der Waals surface area contributed by atoms with Gasteiger partial charge in [-0.2, -0.15) is 5.26 Å². The number of nitrogens with one attached hydrogen (secondary N) is 2. The molecule has 2 aromatic carbocycles. The Labute approximate surface area is 142 Å². The number of phenols is 1. The molecule has 2 aromatic rings. The minimum Gasteiger partial charge on any atom is -0.508 e. The third-order valence-electron chi connectivity index (χ3n) is 2.81. The van der Waals surface area contributed by atoms with Crippen molar-refractivity contribution in [2.45, 2.75) is 0 Å². The number of nitriles is 1. The summed E-state index contributed by atoms with van der Waals surface area (Å²) in [6, 6.07) is 12.7. The highest BCUT2D eigenvalue weighted by Gasteiger charge is 2.10. The zero-order valence-corrected chi connectivity index (χ0v) is 13.2. The smallest absolute Gasteiger partial charge is 0.267 e. The van der Waals surface area contributed by atoms with Crippen LogP contribution in [0, 0.1) is 11.3 Å².